The van der Waals surface area contributed by atoms with Crippen LogP contribution in [-0.4, -0.2) is 59.9 Å². The molecule has 0 bridgehead atoms. The van der Waals surface area contributed by atoms with Gasteiger partial charge in [-0.3, -0.25) is 4.90 Å². The van der Waals surface area contributed by atoms with Crippen LogP contribution in [0.2, 0.25) is 0 Å². The molecule has 3 rings (SSSR count). The largest absolute Gasteiger partial charge is 0.380 e. The van der Waals surface area contributed by atoms with Crippen molar-refractivity contribution in [2.75, 3.05) is 32.8 Å². The van der Waals surface area contributed by atoms with Crippen molar-refractivity contribution in [3.05, 3.63) is 24.0 Å². The first-order chi connectivity index (χ1) is 10.3. The summed E-state index contributed by atoms with van der Waals surface area (Å²) in [6.45, 7) is 4.74. The monoisotopic (exact) mass is 295 g/mol. The van der Waals surface area contributed by atoms with Crippen molar-refractivity contribution < 1.29 is 13.9 Å². The molecule has 0 aromatic carbocycles. The van der Waals surface area contributed by atoms with E-state index in [1.807, 2.05) is 0 Å². The highest BCUT2D eigenvalue weighted by Gasteiger charge is 2.27. The lowest BCUT2D eigenvalue weighted by Gasteiger charge is -2.23. The van der Waals surface area contributed by atoms with Crippen LogP contribution in [0.4, 0.5) is 4.39 Å². The van der Waals surface area contributed by atoms with Crippen molar-refractivity contribution in [3.63, 3.8) is 0 Å². The van der Waals surface area contributed by atoms with Crippen LogP contribution in [0.1, 0.15) is 25.1 Å². The third kappa shape index (κ3) is 4.43. The number of halogens is 1. The summed E-state index contributed by atoms with van der Waals surface area (Å²) in [7, 11) is 0. The molecular weight excluding hydrogens is 273 g/mol. The van der Waals surface area contributed by atoms with Crippen LogP contribution >= 0.6 is 0 Å². The molecule has 1 aromatic heterocycles. The molecule has 21 heavy (non-hydrogen) atoms. The van der Waals surface area contributed by atoms with Crippen LogP contribution in [-0.2, 0) is 15.9 Å². The number of rotatable bonds is 4. The molecule has 0 aliphatic carbocycles. The Morgan fingerprint density at radius 2 is 1.95 bits per heavy atom. The van der Waals surface area contributed by atoms with Gasteiger partial charge in [-0.05, 0) is 19.3 Å². The average molecular weight is 295 g/mol. The summed E-state index contributed by atoms with van der Waals surface area (Å²) in [5.74, 6) is 0.262. The van der Waals surface area contributed by atoms with Gasteiger partial charge in [0.05, 0.1) is 31.2 Å². The molecule has 1 aromatic rings. The topological polar surface area (TPSA) is 47.5 Å². The fourth-order valence-electron chi connectivity index (χ4n) is 2.98. The van der Waals surface area contributed by atoms with Gasteiger partial charge in [0.25, 0.3) is 0 Å². The van der Waals surface area contributed by atoms with Gasteiger partial charge in [0, 0.05) is 32.7 Å². The predicted octanol–water partition coefficient (Wildman–Crippen LogP) is 1.43. The van der Waals surface area contributed by atoms with Crippen LogP contribution in [0.3, 0.4) is 0 Å². The minimum absolute atomic E-state index is 0.156. The predicted molar refractivity (Wildman–Crippen MR) is 75.5 cm³/mol. The molecule has 2 saturated heterocycles. The molecule has 2 aliphatic rings. The first-order valence-corrected chi connectivity index (χ1v) is 7.71. The lowest BCUT2D eigenvalue weighted by molar-refractivity contribution is 0.0220. The van der Waals surface area contributed by atoms with E-state index in [0.717, 1.165) is 52.1 Å². The molecule has 2 aliphatic heterocycles. The van der Waals surface area contributed by atoms with Crippen molar-refractivity contribution in [3.8, 4) is 0 Å². The van der Waals surface area contributed by atoms with Crippen LogP contribution in [0.15, 0.2) is 12.4 Å². The van der Waals surface area contributed by atoms with Crippen molar-refractivity contribution >= 4 is 0 Å². The lowest BCUT2D eigenvalue weighted by Crippen LogP contribution is -2.34. The number of ether oxygens (including phenoxy) is 2. The van der Waals surface area contributed by atoms with E-state index >= 15 is 0 Å². The maximum atomic E-state index is 12.8. The Balaban J connectivity index is 1.45. The van der Waals surface area contributed by atoms with Crippen molar-refractivity contribution in [1.82, 2.24) is 14.9 Å². The maximum absolute atomic E-state index is 12.8. The summed E-state index contributed by atoms with van der Waals surface area (Å²) in [5, 5.41) is 0. The first-order valence-electron chi connectivity index (χ1n) is 7.71. The second-order valence-corrected chi connectivity index (χ2v) is 5.75. The Bertz CT molecular complexity index is 435. The Labute approximate surface area is 124 Å². The highest BCUT2D eigenvalue weighted by molar-refractivity contribution is 4.94. The lowest BCUT2D eigenvalue weighted by atomic mass is 10.1. The number of aromatic nitrogens is 2. The molecule has 0 radical (unpaired) electrons. The zero-order valence-corrected chi connectivity index (χ0v) is 12.2. The molecule has 0 unspecified atom stereocenters. The number of nitrogens with zero attached hydrogens (tertiary/aromatic N) is 3. The summed E-state index contributed by atoms with van der Waals surface area (Å²) in [5.41, 5.74) is 0. The average Bonchev–Trinajstić information content (AvgIpc) is 2.75. The second-order valence-electron chi connectivity index (χ2n) is 5.75. The van der Waals surface area contributed by atoms with E-state index in [9.17, 15) is 4.39 Å². The SMILES string of the molecule is Fc1cnc(C[C@@H]2CC[C@H](CN3CCCOCC3)O2)nc1. The first kappa shape index (κ1) is 14.8. The molecule has 0 spiro atoms. The molecule has 3 heterocycles. The van der Waals surface area contributed by atoms with Gasteiger partial charge in [-0.2, -0.15) is 0 Å². The Kier molecular flexibility index (Phi) is 5.11. The third-order valence-electron chi connectivity index (χ3n) is 4.06. The molecule has 6 heteroatoms. The van der Waals surface area contributed by atoms with Crippen LogP contribution in [0.5, 0.6) is 0 Å². The minimum Gasteiger partial charge on any atom is -0.380 e. The van der Waals surface area contributed by atoms with Crippen LogP contribution < -0.4 is 0 Å². The fourth-order valence-corrected chi connectivity index (χ4v) is 2.98. The highest BCUT2D eigenvalue weighted by atomic mass is 19.1. The number of hydrogen-bond donors (Lipinski definition) is 0. The summed E-state index contributed by atoms with van der Waals surface area (Å²) in [4.78, 5) is 10.4. The second kappa shape index (κ2) is 7.24. The molecular formula is C15H22FN3O2. The molecule has 5 nitrogen and oxygen atoms in total. The normalized spacial score (nSPS) is 27.7. The van der Waals surface area contributed by atoms with E-state index in [-0.39, 0.29) is 12.2 Å². The summed E-state index contributed by atoms with van der Waals surface area (Å²) in [6.07, 6.45) is 6.73. The van der Waals surface area contributed by atoms with E-state index < -0.39 is 5.82 Å². The van der Waals surface area contributed by atoms with Crippen LogP contribution in [0.25, 0.3) is 0 Å². The van der Waals surface area contributed by atoms with E-state index in [4.69, 9.17) is 9.47 Å². The maximum Gasteiger partial charge on any atom is 0.159 e. The van der Waals surface area contributed by atoms with Gasteiger partial charge in [-0.25, -0.2) is 14.4 Å². The van der Waals surface area contributed by atoms with E-state index in [2.05, 4.69) is 14.9 Å². The zero-order chi connectivity index (χ0) is 14.5. The third-order valence-corrected chi connectivity index (χ3v) is 4.06. The van der Waals surface area contributed by atoms with Gasteiger partial charge < -0.3 is 9.47 Å². The summed E-state index contributed by atoms with van der Waals surface area (Å²) < 4.78 is 24.3. The van der Waals surface area contributed by atoms with E-state index in [0.29, 0.717) is 12.2 Å². The number of hydrogen-bond acceptors (Lipinski definition) is 5. The van der Waals surface area contributed by atoms with Crippen molar-refractivity contribution in [1.29, 1.82) is 0 Å². The van der Waals surface area contributed by atoms with Gasteiger partial charge in [0.2, 0.25) is 0 Å². The summed E-state index contributed by atoms with van der Waals surface area (Å²) in [6, 6.07) is 0. The quantitative estimate of drug-likeness (QED) is 0.841. The molecule has 116 valence electrons. The standard InChI is InChI=1S/C15H22FN3O2/c16-12-9-17-15(18-10-12)8-13-2-3-14(21-13)11-19-4-1-6-20-7-5-19/h9-10,13-14H,1-8,11H2/t13-,14+/m0/s1. The smallest absolute Gasteiger partial charge is 0.159 e. The van der Waals surface area contributed by atoms with E-state index in [1.54, 1.807) is 0 Å². The van der Waals surface area contributed by atoms with Crippen molar-refractivity contribution in [2.24, 2.45) is 0 Å². The molecule has 0 N–H and O–H groups in total. The molecule has 0 saturated carbocycles. The molecule has 0 amide bonds. The Hall–Kier alpha value is -1.11. The molecule has 2 atom stereocenters. The van der Waals surface area contributed by atoms with Crippen molar-refractivity contribution in [2.45, 2.75) is 37.9 Å². The van der Waals surface area contributed by atoms with Gasteiger partial charge in [0.1, 0.15) is 5.82 Å². The fraction of sp³-hybridized carbons (Fsp3) is 0.733. The zero-order valence-electron chi connectivity index (χ0n) is 12.2. The van der Waals surface area contributed by atoms with E-state index in [1.165, 1.54) is 12.4 Å². The van der Waals surface area contributed by atoms with Gasteiger partial charge in [0.15, 0.2) is 5.82 Å². The summed E-state index contributed by atoms with van der Waals surface area (Å²) >= 11 is 0. The Morgan fingerprint density at radius 3 is 2.81 bits per heavy atom. The van der Waals surface area contributed by atoms with Gasteiger partial charge >= 0.3 is 0 Å². The highest BCUT2D eigenvalue weighted by Crippen LogP contribution is 2.23. The van der Waals surface area contributed by atoms with Gasteiger partial charge in [-0.1, -0.05) is 0 Å². The molecule has 2 fully saturated rings. The van der Waals surface area contributed by atoms with Gasteiger partial charge in [-0.15, -0.1) is 0 Å². The van der Waals surface area contributed by atoms with Crippen LogP contribution in [0, 0.1) is 5.82 Å². The minimum atomic E-state index is -0.396. The Morgan fingerprint density at radius 1 is 1.14 bits per heavy atom.